The zero-order chi connectivity index (χ0) is 23.6. The van der Waals surface area contributed by atoms with Crippen molar-refractivity contribution in [3.63, 3.8) is 0 Å². The summed E-state index contributed by atoms with van der Waals surface area (Å²) in [5.41, 5.74) is 0.738. The highest BCUT2D eigenvalue weighted by Gasteiger charge is 2.19. The van der Waals surface area contributed by atoms with Crippen molar-refractivity contribution in [2.75, 3.05) is 45.8 Å². The van der Waals surface area contributed by atoms with E-state index < -0.39 is 5.97 Å². The van der Waals surface area contributed by atoms with Gasteiger partial charge in [0.1, 0.15) is 5.75 Å². The molecule has 9 nitrogen and oxygen atoms in total. The van der Waals surface area contributed by atoms with Crippen LogP contribution in [0.1, 0.15) is 29.6 Å². The Labute approximate surface area is 192 Å². The third-order valence-corrected chi connectivity index (χ3v) is 5.17. The van der Waals surface area contributed by atoms with Crippen LogP contribution in [-0.2, 0) is 14.3 Å². The molecule has 0 saturated carbocycles. The second-order valence-corrected chi connectivity index (χ2v) is 7.42. The summed E-state index contributed by atoms with van der Waals surface area (Å²) in [6, 6.07) is 11.5. The van der Waals surface area contributed by atoms with E-state index in [2.05, 4.69) is 5.32 Å². The van der Waals surface area contributed by atoms with E-state index in [1.165, 1.54) is 32.4 Å². The van der Waals surface area contributed by atoms with Gasteiger partial charge in [0.2, 0.25) is 0 Å². The second-order valence-electron chi connectivity index (χ2n) is 7.42. The standard InChI is InChI=1S/C24H28N2O7/c1-30-19-9-5-4-8-18(19)25-22(27)15-32-20-11-10-17(14-21(20)31-2)24(29)33-16-23(28)26-12-6-3-7-13-26/h4-5,8-11,14H,3,6-7,12-13,15-16H2,1-2H3,(H,25,27). The minimum Gasteiger partial charge on any atom is -0.495 e. The van der Waals surface area contributed by atoms with Crippen molar-refractivity contribution in [1.82, 2.24) is 4.90 Å². The molecule has 33 heavy (non-hydrogen) atoms. The van der Waals surface area contributed by atoms with Gasteiger partial charge in [-0.25, -0.2) is 4.79 Å². The molecular weight excluding hydrogens is 428 g/mol. The van der Waals surface area contributed by atoms with E-state index in [0.29, 0.717) is 24.5 Å². The lowest BCUT2D eigenvalue weighted by Gasteiger charge is -2.26. The van der Waals surface area contributed by atoms with Gasteiger partial charge in [-0.1, -0.05) is 12.1 Å². The lowest BCUT2D eigenvalue weighted by atomic mass is 10.1. The van der Waals surface area contributed by atoms with Crippen LogP contribution < -0.4 is 19.5 Å². The summed E-state index contributed by atoms with van der Waals surface area (Å²) in [5.74, 6) is -0.146. The molecule has 0 bridgehead atoms. The Morgan fingerprint density at radius 3 is 2.33 bits per heavy atom. The highest BCUT2D eigenvalue weighted by molar-refractivity contribution is 5.94. The van der Waals surface area contributed by atoms with Crippen LogP contribution in [-0.4, -0.2) is 63.2 Å². The van der Waals surface area contributed by atoms with E-state index in [1.54, 1.807) is 29.2 Å². The van der Waals surface area contributed by atoms with Gasteiger partial charge in [0, 0.05) is 13.1 Å². The second kappa shape index (κ2) is 11.8. The summed E-state index contributed by atoms with van der Waals surface area (Å²) in [7, 11) is 2.94. The summed E-state index contributed by atoms with van der Waals surface area (Å²) in [4.78, 5) is 38.5. The predicted octanol–water partition coefficient (Wildman–Crippen LogP) is 2.89. The van der Waals surface area contributed by atoms with E-state index in [0.717, 1.165) is 19.3 Å². The first kappa shape index (κ1) is 23.9. The number of methoxy groups -OCH3 is 2. The molecule has 2 amide bonds. The van der Waals surface area contributed by atoms with Gasteiger partial charge in [-0.3, -0.25) is 9.59 Å². The van der Waals surface area contributed by atoms with Crippen molar-refractivity contribution in [3.05, 3.63) is 48.0 Å². The van der Waals surface area contributed by atoms with Crippen molar-refractivity contribution >= 4 is 23.5 Å². The van der Waals surface area contributed by atoms with Crippen LogP contribution in [0.3, 0.4) is 0 Å². The number of amides is 2. The molecule has 1 heterocycles. The van der Waals surface area contributed by atoms with E-state index in [-0.39, 0.29) is 42.1 Å². The number of nitrogens with zero attached hydrogens (tertiary/aromatic N) is 1. The molecule has 1 aliphatic rings. The number of piperidine rings is 1. The third kappa shape index (κ3) is 6.61. The first-order chi connectivity index (χ1) is 16.0. The normalized spacial score (nSPS) is 13.1. The molecule has 0 aliphatic carbocycles. The highest BCUT2D eigenvalue weighted by Crippen LogP contribution is 2.29. The Morgan fingerprint density at radius 1 is 0.879 bits per heavy atom. The number of rotatable bonds is 9. The molecule has 1 N–H and O–H groups in total. The van der Waals surface area contributed by atoms with Crippen LogP contribution >= 0.6 is 0 Å². The third-order valence-electron chi connectivity index (χ3n) is 5.17. The number of carbonyl (C=O) groups excluding carboxylic acids is 3. The van der Waals surface area contributed by atoms with Crippen LogP contribution in [0.25, 0.3) is 0 Å². The molecule has 0 radical (unpaired) electrons. The molecule has 1 aliphatic heterocycles. The number of esters is 1. The van der Waals surface area contributed by atoms with Crippen molar-refractivity contribution in [2.24, 2.45) is 0 Å². The molecule has 1 saturated heterocycles. The van der Waals surface area contributed by atoms with Crippen molar-refractivity contribution in [1.29, 1.82) is 0 Å². The zero-order valence-electron chi connectivity index (χ0n) is 18.8. The average Bonchev–Trinajstić information content (AvgIpc) is 2.86. The maximum absolute atomic E-state index is 12.4. The molecule has 176 valence electrons. The fraction of sp³-hybridized carbons (Fsp3) is 0.375. The Balaban J connectivity index is 1.54. The minimum atomic E-state index is -0.640. The van der Waals surface area contributed by atoms with Gasteiger partial charge in [0.25, 0.3) is 11.8 Å². The summed E-state index contributed by atoms with van der Waals surface area (Å²) >= 11 is 0. The molecule has 9 heteroatoms. The molecule has 0 atom stereocenters. The lowest BCUT2D eigenvalue weighted by molar-refractivity contribution is -0.135. The number of benzene rings is 2. The van der Waals surface area contributed by atoms with Gasteiger partial charge in [-0.15, -0.1) is 0 Å². The Kier molecular flexibility index (Phi) is 8.51. The molecule has 1 fully saturated rings. The zero-order valence-corrected chi connectivity index (χ0v) is 18.8. The molecule has 2 aromatic rings. The fourth-order valence-corrected chi connectivity index (χ4v) is 3.44. The smallest absolute Gasteiger partial charge is 0.338 e. The van der Waals surface area contributed by atoms with Gasteiger partial charge in [-0.05, 0) is 49.6 Å². The number of hydrogen-bond donors (Lipinski definition) is 1. The maximum atomic E-state index is 12.4. The summed E-state index contributed by atoms with van der Waals surface area (Å²) in [5, 5.41) is 2.71. The van der Waals surface area contributed by atoms with Gasteiger partial charge in [0.05, 0.1) is 25.5 Å². The SMILES string of the molecule is COc1ccccc1NC(=O)COc1ccc(C(=O)OCC(=O)N2CCCCC2)cc1OC. The number of anilines is 1. The maximum Gasteiger partial charge on any atom is 0.338 e. The number of nitrogens with one attached hydrogen (secondary N) is 1. The number of carbonyl (C=O) groups is 3. The van der Waals surface area contributed by atoms with E-state index in [9.17, 15) is 14.4 Å². The lowest BCUT2D eigenvalue weighted by Crippen LogP contribution is -2.38. The molecule has 3 rings (SSSR count). The molecule has 2 aromatic carbocycles. The molecular formula is C24H28N2O7. The van der Waals surface area contributed by atoms with Crippen LogP contribution in [0.4, 0.5) is 5.69 Å². The number of para-hydroxylation sites is 2. The molecule has 0 aromatic heterocycles. The first-order valence-corrected chi connectivity index (χ1v) is 10.7. The van der Waals surface area contributed by atoms with Crippen molar-refractivity contribution in [2.45, 2.75) is 19.3 Å². The van der Waals surface area contributed by atoms with Crippen LogP contribution in [0, 0.1) is 0 Å². The van der Waals surface area contributed by atoms with Gasteiger partial charge >= 0.3 is 5.97 Å². The number of ether oxygens (including phenoxy) is 4. The quantitative estimate of drug-likeness (QED) is 0.579. The summed E-state index contributed by atoms with van der Waals surface area (Å²) in [6.45, 7) is 0.812. The van der Waals surface area contributed by atoms with E-state index in [1.807, 2.05) is 0 Å². The van der Waals surface area contributed by atoms with Crippen molar-refractivity contribution in [3.8, 4) is 17.2 Å². The van der Waals surface area contributed by atoms with Crippen molar-refractivity contribution < 1.29 is 33.3 Å². The van der Waals surface area contributed by atoms with Crippen LogP contribution in [0.2, 0.25) is 0 Å². The number of likely N-dealkylation sites (tertiary alicyclic amines) is 1. The Morgan fingerprint density at radius 2 is 1.61 bits per heavy atom. The van der Waals surface area contributed by atoms with Crippen LogP contribution in [0.15, 0.2) is 42.5 Å². The average molecular weight is 456 g/mol. The Hall–Kier alpha value is -3.75. The first-order valence-electron chi connectivity index (χ1n) is 10.7. The minimum absolute atomic E-state index is 0.198. The fourth-order valence-electron chi connectivity index (χ4n) is 3.44. The van der Waals surface area contributed by atoms with E-state index in [4.69, 9.17) is 18.9 Å². The number of hydrogen-bond acceptors (Lipinski definition) is 7. The van der Waals surface area contributed by atoms with Gasteiger partial charge in [0.15, 0.2) is 24.7 Å². The Bertz CT molecular complexity index is 987. The summed E-state index contributed by atoms with van der Waals surface area (Å²) in [6.07, 6.45) is 3.05. The largest absolute Gasteiger partial charge is 0.495 e. The monoisotopic (exact) mass is 456 g/mol. The predicted molar refractivity (Wildman–Crippen MR) is 121 cm³/mol. The topological polar surface area (TPSA) is 103 Å². The molecule has 0 spiro atoms. The van der Waals surface area contributed by atoms with Crippen LogP contribution in [0.5, 0.6) is 17.2 Å². The summed E-state index contributed by atoms with van der Waals surface area (Å²) < 4.78 is 21.2. The van der Waals surface area contributed by atoms with E-state index >= 15 is 0 Å². The van der Waals surface area contributed by atoms with Gasteiger partial charge in [-0.2, -0.15) is 0 Å². The van der Waals surface area contributed by atoms with Gasteiger partial charge < -0.3 is 29.2 Å². The highest BCUT2D eigenvalue weighted by atomic mass is 16.5. The molecule has 0 unspecified atom stereocenters.